The first-order chi connectivity index (χ1) is 12.5. The Morgan fingerprint density at radius 2 is 1.77 bits per heavy atom. The van der Waals surface area contributed by atoms with E-state index in [0.717, 1.165) is 38.0 Å². The second-order valence-electron chi connectivity index (χ2n) is 7.66. The van der Waals surface area contributed by atoms with E-state index in [1.165, 1.54) is 12.1 Å². The standard InChI is InChI=1S/C20H29FN2O3/c21-18-4-1-15(2-5-18)3-6-20(26)23-12-16(17(13-23)14-24)11-22-9-7-19(25)8-10-22/h1-2,4-5,16-17,19,24-25H,3,6-14H2/t16-,17-/m1/s1. The van der Waals surface area contributed by atoms with E-state index in [1.807, 2.05) is 4.90 Å². The number of likely N-dealkylation sites (tertiary alicyclic amines) is 2. The molecular formula is C20H29FN2O3. The molecule has 0 aliphatic carbocycles. The van der Waals surface area contributed by atoms with Crippen LogP contribution in [0.4, 0.5) is 4.39 Å². The molecule has 6 heteroatoms. The third kappa shape index (κ3) is 5.02. The first kappa shape index (κ1) is 19.3. The highest BCUT2D eigenvalue weighted by atomic mass is 19.1. The molecule has 0 saturated carbocycles. The summed E-state index contributed by atoms with van der Waals surface area (Å²) in [4.78, 5) is 16.8. The number of benzene rings is 1. The number of aryl methyl sites for hydroxylation is 1. The second kappa shape index (κ2) is 8.93. The Bertz CT molecular complexity index is 587. The molecule has 0 radical (unpaired) electrons. The number of halogens is 1. The molecule has 26 heavy (non-hydrogen) atoms. The number of amides is 1. The summed E-state index contributed by atoms with van der Waals surface area (Å²) in [5, 5.41) is 19.3. The Kier molecular flexibility index (Phi) is 6.62. The Labute approximate surface area is 154 Å². The SMILES string of the molecule is O=C(CCc1ccc(F)cc1)N1C[C@@H](CN2CCC(O)CC2)[C@@H](CO)C1. The van der Waals surface area contributed by atoms with Gasteiger partial charge in [-0.2, -0.15) is 0 Å². The highest BCUT2D eigenvalue weighted by Crippen LogP contribution is 2.26. The van der Waals surface area contributed by atoms with Crippen LogP contribution in [0.3, 0.4) is 0 Å². The highest BCUT2D eigenvalue weighted by molar-refractivity contribution is 5.76. The van der Waals surface area contributed by atoms with Crippen molar-refractivity contribution in [2.24, 2.45) is 11.8 Å². The Balaban J connectivity index is 1.49. The van der Waals surface area contributed by atoms with Gasteiger partial charge < -0.3 is 20.0 Å². The minimum absolute atomic E-state index is 0.100. The van der Waals surface area contributed by atoms with Crippen LogP contribution in [0.2, 0.25) is 0 Å². The molecule has 0 aromatic heterocycles. The van der Waals surface area contributed by atoms with E-state index in [1.54, 1.807) is 12.1 Å². The molecule has 144 valence electrons. The zero-order chi connectivity index (χ0) is 18.5. The molecule has 2 atom stereocenters. The van der Waals surface area contributed by atoms with E-state index >= 15 is 0 Å². The monoisotopic (exact) mass is 364 g/mol. The van der Waals surface area contributed by atoms with Gasteiger partial charge in [-0.3, -0.25) is 4.79 Å². The number of rotatable bonds is 6. The lowest BCUT2D eigenvalue weighted by Crippen LogP contribution is -2.40. The summed E-state index contributed by atoms with van der Waals surface area (Å²) < 4.78 is 13.0. The molecule has 1 amide bonds. The van der Waals surface area contributed by atoms with Crippen LogP contribution in [0, 0.1) is 17.7 Å². The van der Waals surface area contributed by atoms with Gasteiger partial charge in [0.15, 0.2) is 0 Å². The molecule has 1 aromatic carbocycles. The van der Waals surface area contributed by atoms with E-state index < -0.39 is 0 Å². The predicted octanol–water partition coefficient (Wildman–Crippen LogP) is 1.28. The van der Waals surface area contributed by atoms with Crippen LogP contribution in [-0.2, 0) is 11.2 Å². The van der Waals surface area contributed by atoms with Gasteiger partial charge in [-0.15, -0.1) is 0 Å². The number of aliphatic hydroxyl groups excluding tert-OH is 2. The van der Waals surface area contributed by atoms with Gasteiger partial charge >= 0.3 is 0 Å². The molecule has 2 aliphatic rings. The van der Waals surface area contributed by atoms with Gasteiger partial charge in [0.1, 0.15) is 5.82 Å². The highest BCUT2D eigenvalue weighted by Gasteiger charge is 2.35. The zero-order valence-corrected chi connectivity index (χ0v) is 15.2. The van der Waals surface area contributed by atoms with Gasteiger partial charge in [0.25, 0.3) is 0 Å². The molecular weight excluding hydrogens is 335 g/mol. The first-order valence-corrected chi connectivity index (χ1v) is 9.58. The fourth-order valence-corrected chi connectivity index (χ4v) is 4.05. The number of carbonyl (C=O) groups is 1. The molecule has 0 bridgehead atoms. The van der Waals surface area contributed by atoms with Crippen molar-refractivity contribution < 1.29 is 19.4 Å². The van der Waals surface area contributed by atoms with Crippen LogP contribution in [0.15, 0.2) is 24.3 Å². The maximum absolute atomic E-state index is 13.0. The van der Waals surface area contributed by atoms with Gasteiger partial charge in [-0.25, -0.2) is 4.39 Å². The summed E-state index contributed by atoms with van der Waals surface area (Å²) in [6, 6.07) is 6.28. The van der Waals surface area contributed by atoms with Crippen LogP contribution in [0.25, 0.3) is 0 Å². The number of hydrogen-bond donors (Lipinski definition) is 2. The average Bonchev–Trinajstić information content (AvgIpc) is 3.06. The van der Waals surface area contributed by atoms with Crippen LogP contribution in [-0.4, -0.2) is 71.4 Å². The van der Waals surface area contributed by atoms with E-state index in [2.05, 4.69) is 4.90 Å². The smallest absolute Gasteiger partial charge is 0.222 e. The van der Waals surface area contributed by atoms with Crippen LogP contribution in [0.1, 0.15) is 24.8 Å². The minimum atomic E-state index is -0.265. The molecule has 1 aromatic rings. The molecule has 2 fully saturated rings. The number of carbonyl (C=O) groups excluding carboxylic acids is 1. The average molecular weight is 364 g/mol. The Hall–Kier alpha value is -1.50. The summed E-state index contributed by atoms with van der Waals surface area (Å²) in [5.74, 6) is 0.240. The summed E-state index contributed by atoms with van der Waals surface area (Å²) in [6.07, 6.45) is 2.43. The fourth-order valence-electron chi connectivity index (χ4n) is 4.05. The van der Waals surface area contributed by atoms with E-state index in [4.69, 9.17) is 0 Å². The Morgan fingerprint density at radius 1 is 1.12 bits per heavy atom. The van der Waals surface area contributed by atoms with Crippen molar-refractivity contribution in [3.05, 3.63) is 35.6 Å². The van der Waals surface area contributed by atoms with Crippen molar-refractivity contribution in [2.45, 2.75) is 31.8 Å². The van der Waals surface area contributed by atoms with Crippen molar-refractivity contribution in [1.82, 2.24) is 9.80 Å². The van der Waals surface area contributed by atoms with E-state index in [-0.39, 0.29) is 36.3 Å². The minimum Gasteiger partial charge on any atom is -0.396 e. The van der Waals surface area contributed by atoms with Gasteiger partial charge in [-0.1, -0.05) is 12.1 Å². The molecule has 2 saturated heterocycles. The Morgan fingerprint density at radius 3 is 2.42 bits per heavy atom. The first-order valence-electron chi connectivity index (χ1n) is 9.58. The third-order valence-electron chi connectivity index (χ3n) is 5.75. The molecule has 5 nitrogen and oxygen atoms in total. The van der Waals surface area contributed by atoms with Crippen molar-refractivity contribution in [2.75, 3.05) is 39.3 Å². The maximum atomic E-state index is 13.0. The zero-order valence-electron chi connectivity index (χ0n) is 15.2. The van der Waals surface area contributed by atoms with E-state index in [0.29, 0.717) is 25.9 Å². The van der Waals surface area contributed by atoms with E-state index in [9.17, 15) is 19.4 Å². The molecule has 0 unspecified atom stereocenters. The molecule has 2 aliphatic heterocycles. The largest absolute Gasteiger partial charge is 0.396 e. The maximum Gasteiger partial charge on any atom is 0.222 e. The molecule has 0 spiro atoms. The van der Waals surface area contributed by atoms with Crippen molar-refractivity contribution in [1.29, 1.82) is 0 Å². The van der Waals surface area contributed by atoms with Crippen molar-refractivity contribution in [3.8, 4) is 0 Å². The number of piperidine rings is 1. The lowest BCUT2D eigenvalue weighted by atomic mass is 9.95. The topological polar surface area (TPSA) is 64.0 Å². The van der Waals surface area contributed by atoms with Crippen LogP contribution >= 0.6 is 0 Å². The lowest BCUT2D eigenvalue weighted by Gasteiger charge is -2.32. The number of hydrogen-bond acceptors (Lipinski definition) is 4. The summed E-state index contributed by atoms with van der Waals surface area (Å²) in [6.45, 7) is 4.04. The van der Waals surface area contributed by atoms with Crippen LogP contribution in [0.5, 0.6) is 0 Å². The molecule has 2 heterocycles. The lowest BCUT2D eigenvalue weighted by molar-refractivity contribution is -0.130. The normalized spacial score (nSPS) is 25.0. The van der Waals surface area contributed by atoms with Crippen LogP contribution < -0.4 is 0 Å². The summed E-state index contributed by atoms with van der Waals surface area (Å²) in [5.41, 5.74) is 0.959. The predicted molar refractivity (Wildman–Crippen MR) is 97.0 cm³/mol. The third-order valence-corrected chi connectivity index (χ3v) is 5.75. The quantitative estimate of drug-likeness (QED) is 0.798. The summed E-state index contributed by atoms with van der Waals surface area (Å²) in [7, 11) is 0. The molecule has 3 rings (SSSR count). The summed E-state index contributed by atoms with van der Waals surface area (Å²) >= 11 is 0. The fraction of sp³-hybridized carbons (Fsp3) is 0.650. The van der Waals surface area contributed by atoms with Gasteiger partial charge in [0.2, 0.25) is 5.91 Å². The number of nitrogens with zero attached hydrogens (tertiary/aromatic N) is 2. The molecule has 2 N–H and O–H groups in total. The van der Waals surface area contributed by atoms with Crippen molar-refractivity contribution in [3.63, 3.8) is 0 Å². The van der Waals surface area contributed by atoms with Gasteiger partial charge in [0.05, 0.1) is 6.10 Å². The number of aliphatic hydroxyl groups is 2. The van der Waals surface area contributed by atoms with Gasteiger partial charge in [-0.05, 0) is 42.9 Å². The van der Waals surface area contributed by atoms with Crippen molar-refractivity contribution >= 4 is 5.91 Å². The second-order valence-corrected chi connectivity index (χ2v) is 7.66. The van der Waals surface area contributed by atoms with Gasteiger partial charge in [0, 0.05) is 51.7 Å².